The van der Waals surface area contributed by atoms with Crippen molar-refractivity contribution in [1.29, 1.82) is 0 Å². The van der Waals surface area contributed by atoms with Gasteiger partial charge in [-0.25, -0.2) is 0 Å². The van der Waals surface area contributed by atoms with Crippen molar-refractivity contribution in [2.75, 3.05) is 26.2 Å². The quantitative estimate of drug-likeness (QED) is 0.206. The Hall–Kier alpha value is -0.795. The second-order valence-electron chi connectivity index (χ2n) is 6.80. The monoisotopic (exact) mass is 379 g/mol. The molecule has 9 N–H and O–H groups in total. The van der Waals surface area contributed by atoms with Crippen LogP contribution in [0.2, 0.25) is 6.32 Å². The van der Waals surface area contributed by atoms with Crippen LogP contribution in [-0.4, -0.2) is 84.8 Å². The maximum Gasteiger partial charge on any atom is 0.451 e. The second-order valence-corrected chi connectivity index (χ2v) is 8.50. The first-order valence-electron chi connectivity index (χ1n) is 8.18. The van der Waals surface area contributed by atoms with Crippen LogP contribution in [0, 0.1) is 5.92 Å². The Balaban J connectivity index is 2.07. The highest BCUT2D eigenvalue weighted by molar-refractivity contribution is 7.87. The molecule has 2 aliphatic heterocycles. The lowest BCUT2D eigenvalue weighted by Crippen LogP contribution is -2.56. The number of carbonyl (C=O) groups is 1. The van der Waals surface area contributed by atoms with Gasteiger partial charge in [-0.05, 0) is 12.7 Å². The van der Waals surface area contributed by atoms with Crippen LogP contribution in [0.25, 0.3) is 0 Å². The zero-order chi connectivity index (χ0) is 18.8. The van der Waals surface area contributed by atoms with Crippen molar-refractivity contribution in [2.24, 2.45) is 17.4 Å². The molecule has 0 radical (unpaired) electrons. The summed E-state index contributed by atoms with van der Waals surface area (Å²) in [6, 6.07) is -0.827. The first-order chi connectivity index (χ1) is 11.6. The van der Waals surface area contributed by atoms with Crippen LogP contribution in [0.3, 0.4) is 0 Å². The molecule has 0 amide bonds. The molecule has 4 atom stereocenters. The van der Waals surface area contributed by atoms with Crippen molar-refractivity contribution in [3.05, 3.63) is 0 Å². The maximum atomic E-state index is 12.6. The smallest absolute Gasteiger partial charge is 0.451 e. The van der Waals surface area contributed by atoms with Crippen LogP contribution in [-0.2, 0) is 15.0 Å². The Morgan fingerprint density at radius 1 is 1.40 bits per heavy atom. The highest BCUT2D eigenvalue weighted by Crippen LogP contribution is 2.32. The molecule has 2 aliphatic rings. The molecule has 13 heteroatoms. The van der Waals surface area contributed by atoms with Crippen LogP contribution >= 0.6 is 0 Å². The van der Waals surface area contributed by atoms with E-state index in [1.165, 1.54) is 0 Å². The summed E-state index contributed by atoms with van der Waals surface area (Å²) in [5.41, 5.74) is 10.1. The lowest BCUT2D eigenvalue weighted by atomic mass is 9.78. The molecule has 0 aliphatic carbocycles. The SMILES string of the molecule is N[C@H]1CNC[C@@H]1NS(=O)(=O)N1C[C@H](CCCB(O)O)[C@](N)(C(=O)O)C1. The van der Waals surface area contributed by atoms with Gasteiger partial charge < -0.3 is 31.9 Å². The van der Waals surface area contributed by atoms with E-state index in [0.717, 1.165) is 4.31 Å². The van der Waals surface area contributed by atoms with Gasteiger partial charge in [0, 0.05) is 38.1 Å². The molecule has 0 aromatic rings. The third-order valence-electron chi connectivity index (χ3n) is 4.90. The molecule has 144 valence electrons. The second kappa shape index (κ2) is 7.84. The first-order valence-corrected chi connectivity index (χ1v) is 9.62. The standard InChI is InChI=1S/C12H26BN5O6S/c14-9-4-16-5-10(9)17-25(23,24)18-6-8(2-1-3-13(21)22)12(15,7-18)11(19)20/h8-10,16-17,21-22H,1-7,14-15H2,(H,19,20)/t8-,9-,10-,12-/m0/s1. The van der Waals surface area contributed by atoms with Crippen molar-refractivity contribution in [1.82, 2.24) is 14.3 Å². The average molecular weight is 379 g/mol. The van der Waals surface area contributed by atoms with Gasteiger partial charge in [-0.3, -0.25) is 4.79 Å². The van der Waals surface area contributed by atoms with E-state index in [2.05, 4.69) is 10.0 Å². The predicted octanol–water partition coefficient (Wildman–Crippen LogP) is -3.91. The van der Waals surface area contributed by atoms with Gasteiger partial charge in [0.05, 0.1) is 6.04 Å². The Labute approximate surface area is 147 Å². The van der Waals surface area contributed by atoms with E-state index < -0.39 is 40.8 Å². The zero-order valence-corrected chi connectivity index (χ0v) is 14.7. The minimum absolute atomic E-state index is 0.0466. The van der Waals surface area contributed by atoms with E-state index in [1.54, 1.807) is 0 Å². The third-order valence-corrected chi connectivity index (χ3v) is 6.46. The summed E-state index contributed by atoms with van der Waals surface area (Å²) in [7, 11) is -5.42. The molecule has 0 aromatic heterocycles. The molecule has 2 fully saturated rings. The normalized spacial score (nSPS) is 33.7. The van der Waals surface area contributed by atoms with Crippen LogP contribution < -0.4 is 21.5 Å². The van der Waals surface area contributed by atoms with E-state index >= 15 is 0 Å². The summed E-state index contributed by atoms with van der Waals surface area (Å²) in [4.78, 5) is 11.6. The molecular formula is C12H26BN5O6S. The van der Waals surface area contributed by atoms with Crippen molar-refractivity contribution >= 4 is 23.3 Å². The fraction of sp³-hybridized carbons (Fsp3) is 0.917. The number of carboxylic acid groups (broad SMARTS) is 1. The van der Waals surface area contributed by atoms with Crippen molar-refractivity contribution in [2.45, 2.75) is 36.8 Å². The summed E-state index contributed by atoms with van der Waals surface area (Å²) in [5.74, 6) is -1.91. The Morgan fingerprint density at radius 2 is 2.08 bits per heavy atom. The number of hydrogen-bond donors (Lipinski definition) is 7. The molecule has 2 saturated heterocycles. The highest BCUT2D eigenvalue weighted by atomic mass is 32.2. The molecule has 0 unspecified atom stereocenters. The van der Waals surface area contributed by atoms with Crippen molar-refractivity contribution < 1.29 is 28.4 Å². The summed E-state index contributed by atoms with van der Waals surface area (Å²) in [6.45, 7) is 0.502. The molecule has 0 spiro atoms. The largest absolute Gasteiger partial charge is 0.480 e. The Bertz CT molecular complexity index is 593. The van der Waals surface area contributed by atoms with Gasteiger partial charge in [0.2, 0.25) is 0 Å². The molecule has 0 aromatic carbocycles. The number of nitrogens with one attached hydrogen (secondary N) is 2. The number of nitrogens with two attached hydrogens (primary N) is 2. The van der Waals surface area contributed by atoms with Crippen LogP contribution in [0.4, 0.5) is 0 Å². The van der Waals surface area contributed by atoms with Crippen LogP contribution in [0.5, 0.6) is 0 Å². The van der Waals surface area contributed by atoms with Crippen LogP contribution in [0.15, 0.2) is 0 Å². The average Bonchev–Trinajstić information content (AvgIpc) is 3.04. The maximum absolute atomic E-state index is 12.6. The highest BCUT2D eigenvalue weighted by Gasteiger charge is 2.52. The van der Waals surface area contributed by atoms with E-state index in [4.69, 9.17) is 21.5 Å². The minimum Gasteiger partial charge on any atom is -0.480 e. The summed E-state index contributed by atoms with van der Waals surface area (Å²) >= 11 is 0. The molecule has 2 rings (SSSR count). The van der Waals surface area contributed by atoms with E-state index in [-0.39, 0.29) is 31.9 Å². The molecule has 0 bridgehead atoms. The zero-order valence-electron chi connectivity index (χ0n) is 13.8. The van der Waals surface area contributed by atoms with Gasteiger partial charge in [0.15, 0.2) is 0 Å². The fourth-order valence-corrected chi connectivity index (χ4v) is 4.86. The van der Waals surface area contributed by atoms with Crippen LogP contribution in [0.1, 0.15) is 12.8 Å². The van der Waals surface area contributed by atoms with Crippen molar-refractivity contribution in [3.63, 3.8) is 0 Å². The van der Waals surface area contributed by atoms with Gasteiger partial charge in [0.1, 0.15) is 5.54 Å². The third kappa shape index (κ3) is 4.68. The first kappa shape index (κ1) is 20.5. The van der Waals surface area contributed by atoms with Gasteiger partial charge in [0.25, 0.3) is 10.2 Å². The lowest BCUT2D eigenvalue weighted by molar-refractivity contribution is -0.144. The topological polar surface area (TPSA) is 191 Å². The predicted molar refractivity (Wildman–Crippen MR) is 90.5 cm³/mol. The Kier molecular flexibility index (Phi) is 6.43. The number of carboxylic acids is 1. The van der Waals surface area contributed by atoms with Gasteiger partial charge >= 0.3 is 13.1 Å². The van der Waals surface area contributed by atoms with E-state index in [1.807, 2.05) is 0 Å². The fourth-order valence-electron chi connectivity index (χ4n) is 3.31. The number of aliphatic carboxylic acids is 1. The number of nitrogens with zero attached hydrogens (tertiary/aromatic N) is 1. The Morgan fingerprint density at radius 3 is 2.60 bits per heavy atom. The molecule has 11 nitrogen and oxygen atoms in total. The molecule has 2 heterocycles. The van der Waals surface area contributed by atoms with Gasteiger partial charge in [-0.1, -0.05) is 6.42 Å². The van der Waals surface area contributed by atoms with Gasteiger partial charge in [-0.2, -0.15) is 17.4 Å². The molecule has 0 saturated carbocycles. The number of rotatable bonds is 8. The summed E-state index contributed by atoms with van der Waals surface area (Å²) < 4.78 is 28.7. The van der Waals surface area contributed by atoms with E-state index in [9.17, 15) is 18.3 Å². The van der Waals surface area contributed by atoms with E-state index in [0.29, 0.717) is 19.5 Å². The molecule has 25 heavy (non-hydrogen) atoms. The number of hydrogen-bond acceptors (Lipinski definition) is 8. The molecular weight excluding hydrogens is 353 g/mol. The summed E-state index contributed by atoms with van der Waals surface area (Å²) in [6.07, 6.45) is 0.671. The summed E-state index contributed by atoms with van der Waals surface area (Å²) in [5, 5.41) is 30.3. The minimum atomic E-state index is -3.93. The lowest BCUT2D eigenvalue weighted by Gasteiger charge is -2.25. The van der Waals surface area contributed by atoms with Gasteiger partial charge in [-0.15, -0.1) is 0 Å². The van der Waals surface area contributed by atoms with Crippen molar-refractivity contribution in [3.8, 4) is 0 Å².